The van der Waals surface area contributed by atoms with Gasteiger partial charge >= 0.3 is 0 Å². The lowest BCUT2D eigenvalue weighted by Gasteiger charge is -2.26. The molecule has 1 unspecified atom stereocenters. The maximum absolute atomic E-state index is 13.0. The van der Waals surface area contributed by atoms with Gasteiger partial charge in [-0.25, -0.2) is 4.39 Å². The lowest BCUT2D eigenvalue weighted by molar-refractivity contribution is -0.134. The Labute approximate surface area is 174 Å². The Morgan fingerprint density at radius 2 is 1.86 bits per heavy atom. The van der Waals surface area contributed by atoms with Crippen LogP contribution in [0.2, 0.25) is 5.02 Å². The molecule has 2 amide bonds. The van der Waals surface area contributed by atoms with E-state index in [-0.39, 0.29) is 23.5 Å². The van der Waals surface area contributed by atoms with E-state index in [1.165, 1.54) is 12.1 Å². The highest BCUT2D eigenvalue weighted by Crippen LogP contribution is 2.22. The highest BCUT2D eigenvalue weighted by Gasteiger charge is 2.33. The molecule has 3 rings (SSSR count). The summed E-state index contributed by atoms with van der Waals surface area (Å²) in [6.07, 6.45) is 0.375. The molecule has 1 atom stereocenters. The van der Waals surface area contributed by atoms with Gasteiger partial charge < -0.3 is 15.0 Å². The number of amides is 2. The second-order valence-corrected chi connectivity index (χ2v) is 8.18. The zero-order valence-corrected chi connectivity index (χ0v) is 17.2. The summed E-state index contributed by atoms with van der Waals surface area (Å²) in [6, 6.07) is 12.9. The van der Waals surface area contributed by atoms with Crippen LogP contribution in [0.15, 0.2) is 48.5 Å². The van der Waals surface area contributed by atoms with E-state index in [4.69, 9.17) is 16.3 Å². The number of nitrogens with one attached hydrogen (secondary N) is 1. The molecule has 1 N–H and O–H groups in total. The van der Waals surface area contributed by atoms with Gasteiger partial charge in [0, 0.05) is 37.0 Å². The predicted molar refractivity (Wildman–Crippen MR) is 109 cm³/mol. The monoisotopic (exact) mass is 418 g/mol. The fraction of sp³-hybridized carbons (Fsp3) is 0.364. The quantitative estimate of drug-likeness (QED) is 0.744. The summed E-state index contributed by atoms with van der Waals surface area (Å²) in [5.41, 5.74) is -0.188. The molecule has 7 heteroatoms. The molecule has 0 aromatic heterocycles. The summed E-state index contributed by atoms with van der Waals surface area (Å²) in [5.74, 6) is 0.0574. The van der Waals surface area contributed by atoms with Crippen LogP contribution < -0.4 is 10.1 Å². The number of likely N-dealkylation sites (tertiary alicyclic amines) is 1. The highest BCUT2D eigenvalue weighted by molar-refractivity contribution is 6.30. The standard InChI is InChI=1S/C22H24ClFN2O3/c1-22(2,29-19-9-5-17(23)6-10-19)21(28)25-12-16-11-20(27)26(14-16)13-15-3-7-18(24)8-4-15/h3-10,16H,11-14H2,1-2H3,(H,25,28). The zero-order chi connectivity index (χ0) is 21.0. The zero-order valence-electron chi connectivity index (χ0n) is 16.5. The van der Waals surface area contributed by atoms with E-state index >= 15 is 0 Å². The molecule has 0 spiro atoms. The van der Waals surface area contributed by atoms with Gasteiger partial charge in [-0.05, 0) is 55.8 Å². The van der Waals surface area contributed by atoms with Crippen LogP contribution in [0.5, 0.6) is 5.75 Å². The maximum Gasteiger partial charge on any atom is 0.263 e. The van der Waals surface area contributed by atoms with Crippen molar-refractivity contribution >= 4 is 23.4 Å². The molecule has 29 heavy (non-hydrogen) atoms. The fourth-order valence-corrected chi connectivity index (χ4v) is 3.37. The molecule has 1 saturated heterocycles. The Bertz CT molecular complexity index is 869. The minimum absolute atomic E-state index is 0.0261. The van der Waals surface area contributed by atoms with E-state index in [1.807, 2.05) is 0 Å². The second-order valence-electron chi connectivity index (χ2n) is 7.75. The van der Waals surface area contributed by atoms with Gasteiger partial charge in [0.25, 0.3) is 5.91 Å². The summed E-state index contributed by atoms with van der Waals surface area (Å²) in [6.45, 7) is 4.76. The molecule has 1 heterocycles. The first-order chi connectivity index (χ1) is 13.7. The van der Waals surface area contributed by atoms with Crippen molar-refractivity contribution in [2.24, 2.45) is 5.92 Å². The Kier molecular flexibility index (Phi) is 6.42. The largest absolute Gasteiger partial charge is 0.478 e. The van der Waals surface area contributed by atoms with Crippen molar-refractivity contribution in [2.45, 2.75) is 32.4 Å². The molecule has 0 saturated carbocycles. The Balaban J connectivity index is 1.50. The van der Waals surface area contributed by atoms with Gasteiger partial charge in [0.1, 0.15) is 11.6 Å². The molecule has 1 aliphatic rings. The van der Waals surface area contributed by atoms with Crippen LogP contribution in [0.4, 0.5) is 4.39 Å². The number of ether oxygens (including phenoxy) is 1. The van der Waals surface area contributed by atoms with Crippen molar-refractivity contribution in [1.29, 1.82) is 0 Å². The third-order valence-electron chi connectivity index (χ3n) is 4.87. The van der Waals surface area contributed by atoms with Gasteiger partial charge in [-0.2, -0.15) is 0 Å². The van der Waals surface area contributed by atoms with E-state index in [0.29, 0.717) is 36.8 Å². The van der Waals surface area contributed by atoms with E-state index < -0.39 is 5.60 Å². The minimum atomic E-state index is -1.07. The molecule has 1 fully saturated rings. The average molecular weight is 419 g/mol. The molecular formula is C22H24ClFN2O3. The van der Waals surface area contributed by atoms with E-state index in [9.17, 15) is 14.0 Å². The van der Waals surface area contributed by atoms with Crippen molar-refractivity contribution in [2.75, 3.05) is 13.1 Å². The predicted octanol–water partition coefficient (Wildman–Crippen LogP) is 3.80. The van der Waals surface area contributed by atoms with Crippen LogP contribution in [0, 0.1) is 11.7 Å². The lowest BCUT2D eigenvalue weighted by Crippen LogP contribution is -2.48. The SMILES string of the molecule is CC(C)(Oc1ccc(Cl)cc1)C(=O)NCC1CC(=O)N(Cc2ccc(F)cc2)C1. The molecule has 2 aromatic carbocycles. The molecule has 0 radical (unpaired) electrons. The van der Waals surface area contributed by atoms with Gasteiger partial charge in [-0.1, -0.05) is 23.7 Å². The first-order valence-electron chi connectivity index (χ1n) is 9.48. The van der Waals surface area contributed by atoms with Crippen LogP contribution in [0.1, 0.15) is 25.8 Å². The molecule has 0 aliphatic carbocycles. The molecule has 0 bridgehead atoms. The van der Waals surface area contributed by atoms with Gasteiger partial charge in [-0.3, -0.25) is 9.59 Å². The van der Waals surface area contributed by atoms with Crippen LogP contribution in [-0.4, -0.2) is 35.4 Å². The van der Waals surface area contributed by atoms with Crippen LogP contribution in [0.25, 0.3) is 0 Å². The summed E-state index contributed by atoms with van der Waals surface area (Å²) in [7, 11) is 0. The second kappa shape index (κ2) is 8.82. The van der Waals surface area contributed by atoms with E-state index in [1.54, 1.807) is 55.1 Å². The molecule has 5 nitrogen and oxygen atoms in total. The Morgan fingerprint density at radius 3 is 2.52 bits per heavy atom. The Hall–Kier alpha value is -2.60. The maximum atomic E-state index is 13.0. The lowest BCUT2D eigenvalue weighted by atomic mass is 10.1. The number of halogens is 2. The number of rotatable bonds is 7. The van der Waals surface area contributed by atoms with Gasteiger partial charge in [0.15, 0.2) is 5.60 Å². The number of carbonyl (C=O) groups excluding carboxylic acids is 2. The van der Waals surface area contributed by atoms with Gasteiger partial charge in [0.2, 0.25) is 5.91 Å². The number of nitrogens with zero attached hydrogens (tertiary/aromatic N) is 1. The van der Waals surface area contributed by atoms with Crippen molar-refractivity contribution in [1.82, 2.24) is 10.2 Å². The fourth-order valence-electron chi connectivity index (χ4n) is 3.25. The van der Waals surface area contributed by atoms with Gasteiger partial charge in [0.05, 0.1) is 0 Å². The summed E-state index contributed by atoms with van der Waals surface area (Å²) in [5, 5.41) is 3.48. The van der Waals surface area contributed by atoms with Crippen LogP contribution >= 0.6 is 11.6 Å². The van der Waals surface area contributed by atoms with E-state index in [0.717, 1.165) is 5.56 Å². The average Bonchev–Trinajstić information content (AvgIpc) is 3.02. The summed E-state index contributed by atoms with van der Waals surface area (Å²) < 4.78 is 18.8. The highest BCUT2D eigenvalue weighted by atomic mass is 35.5. The molecule has 2 aromatic rings. The minimum Gasteiger partial charge on any atom is -0.478 e. The molecule has 1 aliphatic heterocycles. The van der Waals surface area contributed by atoms with Crippen molar-refractivity contribution in [3.8, 4) is 5.75 Å². The number of carbonyl (C=O) groups is 2. The van der Waals surface area contributed by atoms with E-state index in [2.05, 4.69) is 5.32 Å². The normalized spacial score (nSPS) is 16.8. The third-order valence-corrected chi connectivity index (χ3v) is 5.12. The van der Waals surface area contributed by atoms with Crippen LogP contribution in [-0.2, 0) is 16.1 Å². The number of benzene rings is 2. The first-order valence-corrected chi connectivity index (χ1v) is 9.86. The molecular weight excluding hydrogens is 395 g/mol. The van der Waals surface area contributed by atoms with Crippen molar-refractivity contribution < 1.29 is 18.7 Å². The Morgan fingerprint density at radius 1 is 1.21 bits per heavy atom. The smallest absolute Gasteiger partial charge is 0.263 e. The van der Waals surface area contributed by atoms with Crippen molar-refractivity contribution in [3.63, 3.8) is 0 Å². The van der Waals surface area contributed by atoms with Crippen molar-refractivity contribution in [3.05, 3.63) is 64.9 Å². The summed E-state index contributed by atoms with van der Waals surface area (Å²) in [4.78, 5) is 26.6. The van der Waals surface area contributed by atoms with Crippen LogP contribution in [0.3, 0.4) is 0 Å². The molecule has 154 valence electrons. The van der Waals surface area contributed by atoms with Gasteiger partial charge in [-0.15, -0.1) is 0 Å². The number of hydrogen-bond donors (Lipinski definition) is 1. The summed E-state index contributed by atoms with van der Waals surface area (Å²) >= 11 is 5.87. The first kappa shape index (κ1) is 21.1. The third kappa shape index (κ3) is 5.70. The number of hydrogen-bond acceptors (Lipinski definition) is 3. The topological polar surface area (TPSA) is 58.6 Å².